The molecule has 16 rings (SSSR count). The number of amides is 4. The van der Waals surface area contributed by atoms with E-state index in [1.165, 1.54) is 47.5 Å². The molecule has 580 valence electrons. The molecule has 4 aromatic carbocycles. The van der Waals surface area contributed by atoms with Crippen LogP contribution in [0.4, 0.5) is 46.0 Å². The zero-order chi connectivity index (χ0) is 79.1. The molecule has 0 saturated carbocycles. The minimum Gasteiger partial charge on any atom is -0.369 e. The van der Waals surface area contributed by atoms with E-state index in [1.54, 1.807) is 80.6 Å². The fourth-order valence-electron chi connectivity index (χ4n) is 13.2. The number of aromatic nitrogens is 9. The topological polar surface area (TPSA) is 258 Å². The zero-order valence-corrected chi connectivity index (χ0v) is 65.2. The molecule has 4 aliphatic heterocycles. The highest BCUT2D eigenvalue weighted by molar-refractivity contribution is 6.05. The summed E-state index contributed by atoms with van der Waals surface area (Å²) in [5.74, 6) is 1.76. The van der Waals surface area contributed by atoms with Crippen LogP contribution in [-0.4, -0.2) is 221 Å². The molecular weight excluding hydrogens is 1430 g/mol. The number of pyridine rings is 7. The van der Waals surface area contributed by atoms with Gasteiger partial charge in [0, 0.05) is 224 Å². The first-order chi connectivity index (χ1) is 55.5. The van der Waals surface area contributed by atoms with Crippen LogP contribution < -0.4 is 40.9 Å². The minimum atomic E-state index is -0.276. The Labute approximate surface area is 665 Å². The van der Waals surface area contributed by atoms with E-state index < -0.39 is 0 Å². The molecule has 12 heterocycles. The van der Waals surface area contributed by atoms with Crippen molar-refractivity contribution in [2.75, 3.05) is 174 Å². The maximum Gasteiger partial charge on any atom is 0.259 e. The first kappa shape index (κ1) is 79.0. The van der Waals surface area contributed by atoms with Gasteiger partial charge >= 0.3 is 0 Å². The van der Waals surface area contributed by atoms with Gasteiger partial charge in [-0.15, -0.1) is 0 Å². The Bertz CT molecular complexity index is 4790. The van der Waals surface area contributed by atoms with Crippen LogP contribution in [0.15, 0.2) is 250 Å². The summed E-state index contributed by atoms with van der Waals surface area (Å²) in [4.78, 5) is 106. The van der Waals surface area contributed by atoms with E-state index in [2.05, 4.69) is 231 Å². The van der Waals surface area contributed by atoms with E-state index in [0.29, 0.717) is 51.3 Å². The molecule has 12 aromatic rings. The molecule has 25 heteroatoms. The van der Waals surface area contributed by atoms with Gasteiger partial charge in [-0.2, -0.15) is 0 Å². The van der Waals surface area contributed by atoms with E-state index in [1.807, 2.05) is 61.5 Å². The number of benzene rings is 4. The number of anilines is 8. The summed E-state index contributed by atoms with van der Waals surface area (Å²) in [6.07, 6.45) is 18.1. The number of likely N-dealkylation sites (N-methyl/N-ethyl adjacent to an activating group) is 4. The minimum absolute atomic E-state index is 0.213. The lowest BCUT2D eigenvalue weighted by molar-refractivity contribution is 0.101. The van der Waals surface area contributed by atoms with Crippen molar-refractivity contribution in [3.8, 4) is 44.5 Å². The highest BCUT2D eigenvalue weighted by atomic mass is 16.2. The van der Waals surface area contributed by atoms with Crippen molar-refractivity contribution in [2.24, 2.45) is 0 Å². The van der Waals surface area contributed by atoms with Crippen molar-refractivity contribution >= 4 is 69.6 Å². The van der Waals surface area contributed by atoms with Gasteiger partial charge in [0.15, 0.2) is 0 Å². The molecule has 4 fully saturated rings. The number of nitrogens with one attached hydrogen (secondary N) is 4. The van der Waals surface area contributed by atoms with Gasteiger partial charge in [-0.1, -0.05) is 48.5 Å². The highest BCUT2D eigenvalue weighted by Gasteiger charge is 2.21. The van der Waals surface area contributed by atoms with Gasteiger partial charge < -0.3 is 60.5 Å². The van der Waals surface area contributed by atoms with Crippen molar-refractivity contribution in [1.29, 1.82) is 0 Å². The van der Waals surface area contributed by atoms with E-state index in [-0.39, 0.29) is 23.6 Å². The van der Waals surface area contributed by atoms with Crippen molar-refractivity contribution in [3.05, 3.63) is 284 Å². The van der Waals surface area contributed by atoms with Crippen LogP contribution in [0.1, 0.15) is 53.0 Å². The van der Waals surface area contributed by atoms with Crippen LogP contribution in [-0.2, 0) is 0 Å². The third-order valence-electron chi connectivity index (χ3n) is 20.3. The first-order valence-electron chi connectivity index (χ1n) is 38.3. The molecule has 0 aliphatic carbocycles. The van der Waals surface area contributed by atoms with Gasteiger partial charge in [0.05, 0.1) is 22.3 Å². The molecule has 4 aliphatic rings. The van der Waals surface area contributed by atoms with Crippen molar-refractivity contribution in [2.45, 2.75) is 13.8 Å². The fourth-order valence-corrected chi connectivity index (χ4v) is 13.2. The molecule has 0 spiro atoms. The van der Waals surface area contributed by atoms with Crippen molar-refractivity contribution in [1.82, 2.24) is 64.5 Å². The second kappa shape index (κ2) is 38.7. The molecule has 8 aromatic heterocycles. The number of rotatable bonds is 16. The smallest absolute Gasteiger partial charge is 0.259 e. The third kappa shape index (κ3) is 22.2. The molecule has 25 nitrogen and oxygen atoms in total. The number of aryl methyl sites for hydroxylation is 2. The lowest BCUT2D eigenvalue weighted by Gasteiger charge is -2.34. The summed E-state index contributed by atoms with van der Waals surface area (Å²) < 4.78 is 0. The number of carbonyl (C=O) groups excluding carboxylic acids is 4. The lowest BCUT2D eigenvalue weighted by atomic mass is 10.1. The van der Waals surface area contributed by atoms with Crippen LogP contribution in [0.5, 0.6) is 0 Å². The van der Waals surface area contributed by atoms with Crippen LogP contribution in [0.25, 0.3) is 44.5 Å². The number of nitrogens with zero attached hydrogens (tertiary/aromatic N) is 17. The third-order valence-corrected chi connectivity index (χ3v) is 20.3. The lowest BCUT2D eigenvalue weighted by Crippen LogP contribution is -2.44. The van der Waals surface area contributed by atoms with Gasteiger partial charge in [0.1, 0.15) is 29.1 Å². The van der Waals surface area contributed by atoms with E-state index in [4.69, 9.17) is 0 Å². The SMILES string of the molecule is CN1CCN(c2cccc(-c3ccc(NC(=O)c4cccnc4)nc3)c2)CC1.CN1CCN(c2cccc(-c3ccc(NC(=O)c4cccnc4)nc3)c2)CC1.Cc1ccc(C(=O)Nc2ccc(-c3cccc(N4CCN(C)CC4)c3)cn2)cn1.Cc1ncc(C(=O)Nc2ccc(-c3cccc(N4CCN(C)CC4)c3)cn2)cn1. The Balaban J connectivity index is 0.000000133. The van der Waals surface area contributed by atoms with E-state index in [0.717, 1.165) is 155 Å². The second-order valence-electron chi connectivity index (χ2n) is 28.6. The zero-order valence-electron chi connectivity index (χ0n) is 65.2. The summed E-state index contributed by atoms with van der Waals surface area (Å²) in [7, 11) is 8.64. The van der Waals surface area contributed by atoms with Crippen molar-refractivity contribution in [3.63, 3.8) is 0 Å². The summed E-state index contributed by atoms with van der Waals surface area (Å²) >= 11 is 0. The predicted molar refractivity (Wildman–Crippen MR) is 454 cm³/mol. The van der Waals surface area contributed by atoms with Gasteiger partial charge in [-0.3, -0.25) is 34.1 Å². The van der Waals surface area contributed by atoms with Crippen LogP contribution in [0, 0.1) is 13.8 Å². The molecule has 4 saturated heterocycles. The number of carbonyl (C=O) groups is 4. The first-order valence-corrected chi connectivity index (χ1v) is 38.3. The molecule has 4 N–H and O–H groups in total. The predicted octanol–water partition coefficient (Wildman–Crippen LogP) is 12.6. The Kier molecular flexibility index (Phi) is 26.8. The Morgan fingerprint density at radius 2 is 0.544 bits per heavy atom. The molecular formula is C89H95N21O4. The molecule has 114 heavy (non-hydrogen) atoms. The fraction of sp³-hybridized carbons (Fsp3) is 0.247. The molecule has 0 radical (unpaired) electrons. The molecule has 0 bridgehead atoms. The Morgan fingerprint density at radius 1 is 0.263 bits per heavy atom. The summed E-state index contributed by atoms with van der Waals surface area (Å²) in [6, 6.07) is 59.8. The Morgan fingerprint density at radius 3 is 0.798 bits per heavy atom. The summed E-state index contributed by atoms with van der Waals surface area (Å²) in [5.41, 5.74) is 16.3. The largest absolute Gasteiger partial charge is 0.369 e. The van der Waals surface area contributed by atoms with Gasteiger partial charge in [-0.25, -0.2) is 29.9 Å². The maximum atomic E-state index is 12.3. The van der Waals surface area contributed by atoms with Gasteiger partial charge in [0.2, 0.25) is 0 Å². The number of hydrogen-bond donors (Lipinski definition) is 4. The van der Waals surface area contributed by atoms with Gasteiger partial charge in [-0.05, 0) is 198 Å². The second-order valence-corrected chi connectivity index (χ2v) is 28.6. The van der Waals surface area contributed by atoms with Crippen LogP contribution >= 0.6 is 0 Å². The maximum absolute atomic E-state index is 12.3. The van der Waals surface area contributed by atoms with E-state index >= 15 is 0 Å². The van der Waals surface area contributed by atoms with Crippen LogP contribution in [0.3, 0.4) is 0 Å². The molecule has 0 atom stereocenters. The molecule has 4 amide bonds. The highest BCUT2D eigenvalue weighted by Crippen LogP contribution is 2.31. The summed E-state index contributed by atoms with van der Waals surface area (Å²) in [6.45, 7) is 20.6. The normalized spacial score (nSPS) is 14.6. The summed E-state index contributed by atoms with van der Waals surface area (Å²) in [5, 5.41) is 11.2. The van der Waals surface area contributed by atoms with Crippen LogP contribution in [0.2, 0.25) is 0 Å². The van der Waals surface area contributed by atoms with Gasteiger partial charge in [0.25, 0.3) is 23.6 Å². The number of hydrogen-bond acceptors (Lipinski definition) is 21. The molecule has 0 unspecified atom stereocenters. The average molecular weight is 1520 g/mol. The standard InChI is InChI=1S/C23H25N5O.C22H24N6O.2C22H23N5O/c1-17-6-7-20(16-24-17)23(29)26-22-9-8-19(15-25-22)18-4-3-5-21(14-18)28-12-10-27(2)11-13-28;1-16-23-14-19(15-24-16)22(29)26-21-7-6-18(13-25-21)17-4-3-5-20(12-17)28-10-8-27(2)9-11-28;2*1-26-10-12-27(13-11-26)20-6-2-4-17(14-20)18-7-8-21(24-16-18)25-22(28)19-5-3-9-23-15-19/h3-9,14-16H,10-13H2,1-2H3,(H,25,26,29);3-7,12-15H,8-11H2,1-2H3,(H,25,26,29);2*2-9,14-16H,10-13H2,1H3,(H,24,25,28). The average Bonchev–Trinajstić information content (AvgIpc) is 0.477. The van der Waals surface area contributed by atoms with E-state index in [9.17, 15) is 19.2 Å². The quantitative estimate of drug-likeness (QED) is 0.0701. The Hall–Kier alpha value is -13.1. The van der Waals surface area contributed by atoms with Crippen molar-refractivity contribution < 1.29 is 19.2 Å². The monoisotopic (exact) mass is 1520 g/mol. The number of piperazine rings is 4.